The molecule has 1 atom stereocenters. The molecule has 0 unspecified atom stereocenters. The average molecular weight is 404 g/mol. The van der Waals surface area contributed by atoms with Crippen LogP contribution in [-0.2, 0) is 24.2 Å². The quantitative estimate of drug-likeness (QED) is 0.458. The molecule has 0 fully saturated rings. The summed E-state index contributed by atoms with van der Waals surface area (Å²) >= 11 is 1.54. The van der Waals surface area contributed by atoms with Crippen LogP contribution >= 0.6 is 11.3 Å². The third-order valence-corrected chi connectivity index (χ3v) is 5.20. The molecule has 1 N–H and O–H groups in total. The van der Waals surface area contributed by atoms with Crippen molar-refractivity contribution in [2.45, 2.75) is 25.4 Å². The summed E-state index contributed by atoms with van der Waals surface area (Å²) in [5.74, 6) is 0.608. The van der Waals surface area contributed by atoms with E-state index in [0.29, 0.717) is 24.4 Å². The number of thiazole rings is 1. The summed E-state index contributed by atoms with van der Waals surface area (Å²) < 4.78 is 5.41. The number of hydrogen-bond acceptors (Lipinski definition) is 7. The van der Waals surface area contributed by atoms with E-state index in [1.54, 1.807) is 29.2 Å². The highest BCUT2D eigenvalue weighted by Crippen LogP contribution is 2.19. The Bertz CT molecular complexity index is 1030. The molecule has 0 aliphatic heterocycles. The van der Waals surface area contributed by atoms with Crippen LogP contribution in [-0.4, -0.2) is 26.9 Å². The highest BCUT2D eigenvalue weighted by molar-refractivity contribution is 7.07. The molecule has 0 radical (unpaired) electrons. The number of rotatable bonds is 9. The lowest BCUT2D eigenvalue weighted by atomic mass is 9.99. The van der Waals surface area contributed by atoms with Crippen LogP contribution in [0, 0.1) is 0 Å². The Morgan fingerprint density at radius 2 is 1.97 bits per heavy atom. The zero-order valence-corrected chi connectivity index (χ0v) is 16.5. The van der Waals surface area contributed by atoms with Gasteiger partial charge in [0.05, 0.1) is 23.7 Å². The van der Waals surface area contributed by atoms with Crippen LogP contribution in [0.5, 0.6) is 0 Å². The van der Waals surface area contributed by atoms with Crippen molar-refractivity contribution in [1.82, 2.24) is 20.4 Å². The van der Waals surface area contributed by atoms with Gasteiger partial charge in [-0.05, 0) is 24.1 Å². The largest absolute Gasteiger partial charge is 0.360 e. The Morgan fingerprint density at radius 1 is 1.14 bits per heavy atom. The molecular weight excluding hydrogens is 384 g/mol. The molecule has 0 amide bonds. The van der Waals surface area contributed by atoms with E-state index >= 15 is 0 Å². The second-order valence-electron chi connectivity index (χ2n) is 6.66. The van der Waals surface area contributed by atoms with Gasteiger partial charge in [0.2, 0.25) is 0 Å². The van der Waals surface area contributed by atoms with Crippen LogP contribution in [0.3, 0.4) is 0 Å². The van der Waals surface area contributed by atoms with Crippen LogP contribution in [0.4, 0.5) is 0 Å². The first kappa shape index (κ1) is 19.2. The third-order valence-electron chi connectivity index (χ3n) is 4.57. The first-order valence-corrected chi connectivity index (χ1v) is 10.3. The molecule has 6 nitrogen and oxygen atoms in total. The summed E-state index contributed by atoms with van der Waals surface area (Å²) in [5.41, 5.74) is 5.43. The fourth-order valence-corrected chi connectivity index (χ4v) is 3.61. The van der Waals surface area contributed by atoms with Gasteiger partial charge in [-0.15, -0.1) is 11.3 Å². The van der Waals surface area contributed by atoms with Gasteiger partial charge < -0.3 is 9.84 Å². The normalized spacial score (nSPS) is 12.0. The van der Waals surface area contributed by atoms with Crippen molar-refractivity contribution in [1.29, 1.82) is 0 Å². The molecule has 29 heavy (non-hydrogen) atoms. The van der Waals surface area contributed by atoms with E-state index in [1.807, 2.05) is 53.9 Å². The van der Waals surface area contributed by atoms with Crippen LogP contribution in [0.15, 0.2) is 76.3 Å². The number of pyridine rings is 1. The number of ketones is 1. The van der Waals surface area contributed by atoms with Gasteiger partial charge in [-0.3, -0.25) is 9.78 Å². The maximum absolute atomic E-state index is 13.0. The topological polar surface area (TPSA) is 80.9 Å². The zero-order valence-electron chi connectivity index (χ0n) is 15.7. The second kappa shape index (κ2) is 9.36. The maximum atomic E-state index is 13.0. The molecule has 1 aromatic carbocycles. The number of carbonyl (C=O) groups is 1. The molecule has 0 saturated carbocycles. The Labute approximate surface area is 172 Å². The predicted octanol–water partition coefficient (Wildman–Crippen LogP) is 3.71. The predicted molar refractivity (Wildman–Crippen MR) is 111 cm³/mol. The lowest BCUT2D eigenvalue weighted by molar-refractivity contribution is -0.120. The van der Waals surface area contributed by atoms with Crippen LogP contribution in [0.1, 0.15) is 17.0 Å². The van der Waals surface area contributed by atoms with Gasteiger partial charge in [-0.1, -0.05) is 35.5 Å². The van der Waals surface area contributed by atoms with Crippen molar-refractivity contribution in [2.75, 3.05) is 0 Å². The number of aromatic nitrogens is 3. The van der Waals surface area contributed by atoms with Gasteiger partial charge >= 0.3 is 0 Å². The summed E-state index contributed by atoms with van der Waals surface area (Å²) in [6, 6.07) is 15.2. The van der Waals surface area contributed by atoms with Crippen molar-refractivity contribution in [3.05, 3.63) is 88.8 Å². The molecule has 3 aromatic heterocycles. The fourth-order valence-electron chi connectivity index (χ4n) is 3.05. The maximum Gasteiger partial charge on any atom is 0.157 e. The molecule has 146 valence electrons. The summed E-state index contributed by atoms with van der Waals surface area (Å²) in [7, 11) is 0. The Balaban J connectivity index is 1.46. The number of Topliss-reactive ketones (excluding diaryl/α,β-unsaturated/α-hetero) is 1. The molecule has 0 saturated heterocycles. The van der Waals surface area contributed by atoms with Gasteiger partial charge in [0.1, 0.15) is 11.5 Å². The van der Waals surface area contributed by atoms with Gasteiger partial charge in [0, 0.05) is 35.9 Å². The summed E-state index contributed by atoms with van der Waals surface area (Å²) in [5, 5.41) is 9.42. The van der Waals surface area contributed by atoms with Crippen LogP contribution < -0.4 is 5.32 Å². The van der Waals surface area contributed by atoms with Crippen LogP contribution in [0.2, 0.25) is 0 Å². The molecule has 0 bridgehead atoms. The number of nitrogens with zero attached hydrogens (tertiary/aromatic N) is 3. The molecule has 4 rings (SSSR count). The molecule has 4 aromatic rings. The zero-order chi connectivity index (χ0) is 19.9. The first-order chi connectivity index (χ1) is 14.3. The molecule has 0 spiro atoms. The SMILES string of the molecule is O=C(Cc1cc(-c2ccncc2)no1)[C@H](Cc1ccccc1)NCc1cscn1. The third kappa shape index (κ3) is 5.22. The number of carbonyl (C=O) groups excluding carboxylic acids is 1. The van der Waals surface area contributed by atoms with E-state index in [-0.39, 0.29) is 18.2 Å². The standard InChI is InChI=1S/C22H20N4O2S/c27-22(12-19-11-20(26-28-19)17-6-8-23-9-7-17)21(10-16-4-2-1-3-5-16)24-13-18-14-29-15-25-18/h1-9,11,14-15,21,24H,10,12-13H2/t21-/m0/s1. The van der Waals surface area contributed by atoms with Crippen molar-refractivity contribution >= 4 is 17.1 Å². The summed E-state index contributed by atoms with van der Waals surface area (Å²) in [4.78, 5) is 21.3. The summed E-state index contributed by atoms with van der Waals surface area (Å²) in [6.07, 6.45) is 4.19. The number of hydrogen-bond donors (Lipinski definition) is 1. The molecule has 0 aliphatic carbocycles. The molecule has 7 heteroatoms. The Morgan fingerprint density at radius 3 is 2.72 bits per heavy atom. The van der Waals surface area contributed by atoms with E-state index in [1.165, 1.54) is 0 Å². The van der Waals surface area contributed by atoms with Crippen molar-refractivity contribution in [3.63, 3.8) is 0 Å². The smallest absolute Gasteiger partial charge is 0.157 e. The van der Waals surface area contributed by atoms with E-state index < -0.39 is 0 Å². The van der Waals surface area contributed by atoms with Gasteiger partial charge in [-0.25, -0.2) is 4.98 Å². The average Bonchev–Trinajstić information content (AvgIpc) is 3.45. The van der Waals surface area contributed by atoms with Gasteiger partial charge in [0.25, 0.3) is 0 Å². The molecule has 0 aliphatic rings. The van der Waals surface area contributed by atoms with E-state index in [2.05, 4.69) is 20.4 Å². The van der Waals surface area contributed by atoms with Crippen molar-refractivity contribution < 1.29 is 9.32 Å². The molecular formula is C22H20N4O2S. The van der Waals surface area contributed by atoms with E-state index in [0.717, 1.165) is 16.8 Å². The fraction of sp³-hybridized carbons (Fsp3) is 0.182. The van der Waals surface area contributed by atoms with Crippen molar-refractivity contribution in [2.24, 2.45) is 0 Å². The summed E-state index contributed by atoms with van der Waals surface area (Å²) in [6.45, 7) is 0.547. The van der Waals surface area contributed by atoms with Crippen molar-refractivity contribution in [3.8, 4) is 11.3 Å². The monoisotopic (exact) mass is 404 g/mol. The highest BCUT2D eigenvalue weighted by Gasteiger charge is 2.21. The van der Waals surface area contributed by atoms with E-state index in [4.69, 9.17) is 4.52 Å². The van der Waals surface area contributed by atoms with E-state index in [9.17, 15) is 4.79 Å². The Kier molecular flexibility index (Phi) is 6.19. The van der Waals surface area contributed by atoms with Crippen LogP contribution in [0.25, 0.3) is 11.3 Å². The number of benzene rings is 1. The molecule has 3 heterocycles. The Hall–Kier alpha value is -3.16. The lowest BCUT2D eigenvalue weighted by Gasteiger charge is -2.17. The number of nitrogens with one attached hydrogen (secondary N) is 1. The lowest BCUT2D eigenvalue weighted by Crippen LogP contribution is -2.39. The first-order valence-electron chi connectivity index (χ1n) is 9.31. The van der Waals surface area contributed by atoms with Gasteiger partial charge in [-0.2, -0.15) is 0 Å². The minimum atomic E-state index is -0.339. The second-order valence-corrected chi connectivity index (χ2v) is 7.38. The van der Waals surface area contributed by atoms with Gasteiger partial charge in [0.15, 0.2) is 5.78 Å². The minimum Gasteiger partial charge on any atom is -0.360 e. The minimum absolute atomic E-state index is 0.0570. The highest BCUT2D eigenvalue weighted by atomic mass is 32.1.